The number of nitrogens with one attached hydrogen (secondary N) is 1. The van der Waals surface area contributed by atoms with E-state index in [1.54, 1.807) is 29.2 Å². The summed E-state index contributed by atoms with van der Waals surface area (Å²) >= 11 is 7.82. The molecule has 0 saturated carbocycles. The van der Waals surface area contributed by atoms with Gasteiger partial charge in [-0.05, 0) is 34.7 Å². The molecule has 0 aromatic carbocycles. The number of amides is 1. The Balaban J connectivity index is 1.95. The molecule has 1 amide bonds. The van der Waals surface area contributed by atoms with Crippen LogP contribution in [-0.2, 0) is 11.3 Å². The van der Waals surface area contributed by atoms with Crippen LogP contribution in [0.5, 0.6) is 0 Å². The molecule has 2 rings (SSSR count). The highest BCUT2D eigenvalue weighted by atomic mass is 127. The molecule has 2 aromatic heterocycles. The minimum atomic E-state index is -0.181. The molecule has 7 heteroatoms. The Morgan fingerprint density at radius 2 is 2.29 bits per heavy atom. The quantitative estimate of drug-likeness (QED) is 0.852. The van der Waals surface area contributed by atoms with Crippen LogP contribution in [0.3, 0.4) is 0 Å². The van der Waals surface area contributed by atoms with Gasteiger partial charge in [-0.25, -0.2) is 4.98 Å². The van der Waals surface area contributed by atoms with Gasteiger partial charge in [-0.3, -0.25) is 9.48 Å². The first-order valence-corrected chi connectivity index (χ1v) is 6.18. The number of halogens is 2. The number of carbonyl (C=O) groups is 1. The molecule has 5 nitrogen and oxygen atoms in total. The zero-order valence-electron chi connectivity index (χ0n) is 8.60. The topological polar surface area (TPSA) is 59.8 Å². The van der Waals surface area contributed by atoms with Gasteiger partial charge in [0, 0.05) is 12.4 Å². The lowest BCUT2D eigenvalue weighted by Crippen LogP contribution is -2.19. The maximum atomic E-state index is 11.6. The van der Waals surface area contributed by atoms with Gasteiger partial charge < -0.3 is 5.32 Å². The molecule has 17 heavy (non-hydrogen) atoms. The van der Waals surface area contributed by atoms with Crippen molar-refractivity contribution in [2.75, 3.05) is 5.32 Å². The number of aromatic nitrogens is 3. The van der Waals surface area contributed by atoms with Gasteiger partial charge in [0.25, 0.3) is 0 Å². The van der Waals surface area contributed by atoms with Gasteiger partial charge >= 0.3 is 0 Å². The minimum absolute atomic E-state index is 0.160. The third-order valence-electron chi connectivity index (χ3n) is 1.90. The first-order chi connectivity index (χ1) is 8.13. The van der Waals surface area contributed by atoms with E-state index in [4.69, 9.17) is 11.6 Å². The van der Waals surface area contributed by atoms with Crippen LogP contribution in [0.15, 0.2) is 30.7 Å². The summed E-state index contributed by atoms with van der Waals surface area (Å²) < 4.78 is 2.55. The summed E-state index contributed by atoms with van der Waals surface area (Å²) in [5.41, 5.74) is 0. The molecular formula is C10H8ClIN4O. The van der Waals surface area contributed by atoms with Crippen LogP contribution in [0.1, 0.15) is 0 Å². The summed E-state index contributed by atoms with van der Waals surface area (Å²) in [6.07, 6.45) is 4.96. The van der Waals surface area contributed by atoms with E-state index >= 15 is 0 Å². The summed E-state index contributed by atoms with van der Waals surface area (Å²) in [6.45, 7) is 0.160. The van der Waals surface area contributed by atoms with Crippen LogP contribution in [0.25, 0.3) is 0 Å². The lowest BCUT2D eigenvalue weighted by Gasteiger charge is -2.04. The van der Waals surface area contributed by atoms with Crippen LogP contribution in [0.2, 0.25) is 5.02 Å². The average molecular weight is 363 g/mol. The second-order valence-electron chi connectivity index (χ2n) is 3.27. The summed E-state index contributed by atoms with van der Waals surface area (Å²) in [5, 5.41) is 7.21. The third-order valence-corrected chi connectivity index (χ3v) is 2.68. The Morgan fingerprint density at radius 3 is 2.88 bits per heavy atom. The Bertz CT molecular complexity index is 525. The fourth-order valence-electron chi connectivity index (χ4n) is 1.20. The smallest absolute Gasteiger partial charge is 0.247 e. The molecule has 0 saturated heterocycles. The van der Waals surface area contributed by atoms with E-state index in [2.05, 4.69) is 38.0 Å². The van der Waals surface area contributed by atoms with Crippen LogP contribution in [0.4, 0.5) is 5.82 Å². The van der Waals surface area contributed by atoms with Crippen LogP contribution < -0.4 is 5.32 Å². The molecule has 2 aromatic rings. The Labute approximate surface area is 116 Å². The Kier molecular flexibility index (Phi) is 3.95. The zero-order valence-corrected chi connectivity index (χ0v) is 11.5. The van der Waals surface area contributed by atoms with Crippen molar-refractivity contribution >= 4 is 45.9 Å². The molecule has 0 radical (unpaired) electrons. The van der Waals surface area contributed by atoms with E-state index in [1.807, 2.05) is 0 Å². The van der Waals surface area contributed by atoms with Crippen molar-refractivity contribution in [2.45, 2.75) is 6.54 Å². The average Bonchev–Trinajstić information content (AvgIpc) is 2.67. The lowest BCUT2D eigenvalue weighted by atomic mass is 10.4. The maximum absolute atomic E-state index is 11.6. The van der Waals surface area contributed by atoms with Crippen molar-refractivity contribution in [3.63, 3.8) is 0 Å². The largest absolute Gasteiger partial charge is 0.309 e. The summed E-state index contributed by atoms with van der Waals surface area (Å²) in [5.74, 6) is 0.292. The molecule has 2 heterocycles. The highest BCUT2D eigenvalue weighted by molar-refractivity contribution is 14.1. The third kappa shape index (κ3) is 3.67. The summed E-state index contributed by atoms with van der Waals surface area (Å²) in [6, 6.07) is 3.31. The van der Waals surface area contributed by atoms with E-state index in [-0.39, 0.29) is 12.5 Å². The van der Waals surface area contributed by atoms with Crippen molar-refractivity contribution < 1.29 is 4.79 Å². The second-order valence-corrected chi connectivity index (χ2v) is 4.95. The van der Waals surface area contributed by atoms with Gasteiger partial charge in [0.05, 0.1) is 14.8 Å². The summed E-state index contributed by atoms with van der Waals surface area (Å²) in [7, 11) is 0. The van der Waals surface area contributed by atoms with E-state index in [0.29, 0.717) is 10.8 Å². The van der Waals surface area contributed by atoms with E-state index in [9.17, 15) is 4.79 Å². The van der Waals surface area contributed by atoms with Crippen molar-refractivity contribution in [3.05, 3.63) is 39.3 Å². The highest BCUT2D eigenvalue weighted by Crippen LogP contribution is 2.09. The zero-order chi connectivity index (χ0) is 12.3. The molecule has 88 valence electrons. The number of nitrogens with zero attached hydrogens (tertiary/aromatic N) is 3. The fraction of sp³-hybridized carbons (Fsp3) is 0.100. The molecule has 0 spiro atoms. The van der Waals surface area contributed by atoms with Crippen molar-refractivity contribution in [3.8, 4) is 0 Å². The number of anilines is 1. The van der Waals surface area contributed by atoms with Gasteiger partial charge in [0.2, 0.25) is 5.91 Å². The van der Waals surface area contributed by atoms with Crippen LogP contribution in [0, 0.1) is 3.57 Å². The van der Waals surface area contributed by atoms with Gasteiger partial charge in [-0.2, -0.15) is 5.10 Å². The SMILES string of the molecule is O=C(Cn1cc(I)cn1)Nc1ccc(Cl)cn1. The molecule has 1 N–H and O–H groups in total. The maximum Gasteiger partial charge on any atom is 0.247 e. The van der Waals surface area contributed by atoms with Gasteiger partial charge in [-0.15, -0.1) is 0 Å². The molecule has 0 aliphatic heterocycles. The first kappa shape index (κ1) is 12.3. The molecule has 0 unspecified atom stereocenters. The minimum Gasteiger partial charge on any atom is -0.309 e. The van der Waals surface area contributed by atoms with Gasteiger partial charge in [0.15, 0.2) is 0 Å². The Morgan fingerprint density at radius 1 is 1.47 bits per heavy atom. The number of hydrogen-bond donors (Lipinski definition) is 1. The first-order valence-electron chi connectivity index (χ1n) is 4.73. The number of rotatable bonds is 3. The lowest BCUT2D eigenvalue weighted by molar-refractivity contribution is -0.116. The normalized spacial score (nSPS) is 10.2. The van der Waals surface area contributed by atoms with E-state index < -0.39 is 0 Å². The van der Waals surface area contributed by atoms with Crippen molar-refractivity contribution in [1.29, 1.82) is 0 Å². The van der Waals surface area contributed by atoms with Crippen molar-refractivity contribution in [1.82, 2.24) is 14.8 Å². The number of carbonyl (C=O) groups excluding carboxylic acids is 1. The van der Waals surface area contributed by atoms with Gasteiger partial charge in [-0.1, -0.05) is 11.6 Å². The summed E-state index contributed by atoms with van der Waals surface area (Å²) in [4.78, 5) is 15.6. The number of hydrogen-bond acceptors (Lipinski definition) is 3. The molecule has 0 bridgehead atoms. The van der Waals surface area contributed by atoms with Crippen molar-refractivity contribution in [2.24, 2.45) is 0 Å². The molecule has 0 aliphatic rings. The van der Waals surface area contributed by atoms with E-state index in [0.717, 1.165) is 3.57 Å². The van der Waals surface area contributed by atoms with E-state index in [1.165, 1.54) is 6.20 Å². The second kappa shape index (κ2) is 5.46. The standard InChI is InChI=1S/C10H8ClIN4O/c11-7-1-2-9(13-3-7)15-10(17)6-16-5-8(12)4-14-16/h1-5H,6H2,(H,13,15,17). The predicted octanol–water partition coefficient (Wildman–Crippen LogP) is 2.17. The number of pyridine rings is 1. The monoisotopic (exact) mass is 362 g/mol. The molecule has 0 atom stereocenters. The molecule has 0 aliphatic carbocycles. The fourth-order valence-corrected chi connectivity index (χ4v) is 1.76. The predicted molar refractivity (Wildman–Crippen MR) is 72.8 cm³/mol. The Hall–Kier alpha value is -1.15. The highest BCUT2D eigenvalue weighted by Gasteiger charge is 2.05. The van der Waals surface area contributed by atoms with Crippen LogP contribution in [-0.4, -0.2) is 20.7 Å². The van der Waals surface area contributed by atoms with Gasteiger partial charge in [0.1, 0.15) is 12.4 Å². The molecule has 0 fully saturated rings. The molecular weight excluding hydrogens is 354 g/mol. The van der Waals surface area contributed by atoms with Crippen LogP contribution >= 0.6 is 34.2 Å².